The summed E-state index contributed by atoms with van der Waals surface area (Å²) in [4.78, 5) is 11.4. The number of rotatable bonds is 2. The molecule has 0 saturated heterocycles. The van der Waals surface area contributed by atoms with E-state index < -0.39 is 11.5 Å². The predicted molar refractivity (Wildman–Crippen MR) is 54.4 cm³/mol. The van der Waals surface area contributed by atoms with Gasteiger partial charge in [0.2, 0.25) is 0 Å². The zero-order valence-electron chi connectivity index (χ0n) is 8.43. The number of carbonyl (C=O) groups is 1. The van der Waals surface area contributed by atoms with Gasteiger partial charge in [-0.05, 0) is 24.1 Å². The highest BCUT2D eigenvalue weighted by atomic mass is 16.5. The molecule has 0 aliphatic heterocycles. The van der Waals surface area contributed by atoms with Gasteiger partial charge in [0.15, 0.2) is 0 Å². The molecule has 2 rings (SSSR count). The van der Waals surface area contributed by atoms with Gasteiger partial charge < -0.3 is 15.6 Å². The Kier molecular flexibility index (Phi) is 2.16. The number of hydrogen-bond acceptors (Lipinski definition) is 4. The maximum Gasteiger partial charge on any atom is 0.326 e. The highest BCUT2D eigenvalue weighted by Gasteiger charge is 2.58. The number of phenols is 1. The van der Waals surface area contributed by atoms with E-state index in [2.05, 4.69) is 4.74 Å². The van der Waals surface area contributed by atoms with Gasteiger partial charge in [-0.25, -0.2) is 0 Å². The first-order chi connectivity index (χ1) is 7.08. The van der Waals surface area contributed by atoms with Gasteiger partial charge in [-0.15, -0.1) is 0 Å². The summed E-state index contributed by atoms with van der Waals surface area (Å²) in [5.74, 6) is -0.250. The normalized spacial score (nSPS) is 28.5. The van der Waals surface area contributed by atoms with E-state index in [9.17, 15) is 9.90 Å². The van der Waals surface area contributed by atoms with Crippen LogP contribution in [0, 0.1) is 0 Å². The SMILES string of the molecule is COC(=O)C1(N)CC1c1cccc(O)c1. The van der Waals surface area contributed by atoms with Crippen LogP contribution in [0.4, 0.5) is 0 Å². The van der Waals surface area contributed by atoms with Crippen LogP contribution < -0.4 is 5.73 Å². The minimum absolute atomic E-state index is 0.0444. The van der Waals surface area contributed by atoms with Crippen LogP contribution in [-0.4, -0.2) is 23.7 Å². The van der Waals surface area contributed by atoms with E-state index in [1.165, 1.54) is 7.11 Å². The fourth-order valence-electron chi connectivity index (χ4n) is 1.85. The molecule has 1 aliphatic rings. The Hall–Kier alpha value is -1.55. The first kappa shape index (κ1) is 9.98. The summed E-state index contributed by atoms with van der Waals surface area (Å²) in [7, 11) is 1.33. The average Bonchev–Trinajstić information content (AvgIpc) is 2.91. The minimum atomic E-state index is -0.900. The summed E-state index contributed by atoms with van der Waals surface area (Å²) in [6.07, 6.45) is 0.573. The number of benzene rings is 1. The van der Waals surface area contributed by atoms with Crippen LogP contribution in [0.3, 0.4) is 0 Å². The lowest BCUT2D eigenvalue weighted by molar-refractivity contribution is -0.143. The molecule has 2 atom stereocenters. The van der Waals surface area contributed by atoms with Gasteiger partial charge in [0.1, 0.15) is 11.3 Å². The van der Waals surface area contributed by atoms with Crippen molar-refractivity contribution < 1.29 is 14.6 Å². The van der Waals surface area contributed by atoms with Crippen molar-refractivity contribution in [1.29, 1.82) is 0 Å². The number of hydrogen-bond donors (Lipinski definition) is 2. The lowest BCUT2D eigenvalue weighted by Gasteiger charge is -2.08. The highest BCUT2D eigenvalue weighted by Crippen LogP contribution is 2.50. The molecule has 1 fully saturated rings. The smallest absolute Gasteiger partial charge is 0.326 e. The first-order valence-corrected chi connectivity index (χ1v) is 4.74. The Balaban J connectivity index is 2.20. The quantitative estimate of drug-likeness (QED) is 0.702. The monoisotopic (exact) mass is 207 g/mol. The Morgan fingerprint density at radius 3 is 3.00 bits per heavy atom. The Morgan fingerprint density at radius 2 is 2.40 bits per heavy atom. The molecule has 4 nitrogen and oxygen atoms in total. The molecular formula is C11H13NO3. The Labute approximate surface area is 87.7 Å². The molecule has 0 bridgehead atoms. The van der Waals surface area contributed by atoms with Crippen molar-refractivity contribution in [3.8, 4) is 5.75 Å². The summed E-state index contributed by atoms with van der Waals surface area (Å²) in [6, 6.07) is 6.80. The van der Waals surface area contributed by atoms with Crippen LogP contribution in [0.2, 0.25) is 0 Å². The van der Waals surface area contributed by atoms with Crippen LogP contribution in [0.1, 0.15) is 17.9 Å². The van der Waals surface area contributed by atoms with E-state index in [1.807, 2.05) is 6.07 Å². The van der Waals surface area contributed by atoms with E-state index in [0.29, 0.717) is 6.42 Å². The van der Waals surface area contributed by atoms with Gasteiger partial charge in [0.25, 0.3) is 0 Å². The zero-order valence-corrected chi connectivity index (χ0v) is 8.43. The number of aromatic hydroxyl groups is 1. The summed E-state index contributed by atoms with van der Waals surface area (Å²) in [5, 5.41) is 9.30. The molecule has 1 aromatic carbocycles. The standard InChI is InChI=1S/C11H13NO3/c1-15-10(14)11(12)6-9(11)7-3-2-4-8(13)5-7/h2-5,9,13H,6,12H2,1H3. The van der Waals surface area contributed by atoms with Crippen LogP contribution in [0.25, 0.3) is 0 Å². The van der Waals surface area contributed by atoms with E-state index in [4.69, 9.17) is 5.73 Å². The predicted octanol–water partition coefficient (Wildman–Crippen LogP) is 0.750. The van der Waals surface area contributed by atoms with Gasteiger partial charge >= 0.3 is 5.97 Å². The molecule has 1 aliphatic carbocycles. The molecule has 4 heteroatoms. The maximum atomic E-state index is 11.4. The minimum Gasteiger partial charge on any atom is -0.508 e. The molecule has 2 unspecified atom stereocenters. The third-order valence-electron chi connectivity index (χ3n) is 2.84. The lowest BCUT2D eigenvalue weighted by Crippen LogP contribution is -2.35. The van der Waals surface area contributed by atoms with Crippen LogP contribution in [0.5, 0.6) is 5.75 Å². The topological polar surface area (TPSA) is 72.5 Å². The van der Waals surface area contributed by atoms with Crippen molar-refractivity contribution in [3.05, 3.63) is 29.8 Å². The largest absolute Gasteiger partial charge is 0.508 e. The van der Waals surface area contributed by atoms with Gasteiger partial charge in [0, 0.05) is 5.92 Å². The average molecular weight is 207 g/mol. The van der Waals surface area contributed by atoms with Crippen LogP contribution in [0.15, 0.2) is 24.3 Å². The molecule has 80 valence electrons. The highest BCUT2D eigenvalue weighted by molar-refractivity contribution is 5.86. The Morgan fingerprint density at radius 1 is 1.67 bits per heavy atom. The lowest BCUT2D eigenvalue weighted by atomic mass is 10.1. The number of nitrogens with two attached hydrogens (primary N) is 1. The second-order valence-corrected chi connectivity index (χ2v) is 3.88. The zero-order chi connectivity index (χ0) is 11.1. The molecule has 0 radical (unpaired) electrons. The van der Waals surface area contributed by atoms with E-state index in [-0.39, 0.29) is 11.7 Å². The van der Waals surface area contributed by atoms with Gasteiger partial charge in [-0.2, -0.15) is 0 Å². The van der Waals surface area contributed by atoms with Crippen molar-refractivity contribution in [2.45, 2.75) is 17.9 Å². The van der Waals surface area contributed by atoms with Gasteiger partial charge in [-0.3, -0.25) is 4.79 Å². The van der Waals surface area contributed by atoms with Crippen LogP contribution >= 0.6 is 0 Å². The Bertz CT molecular complexity index is 405. The summed E-state index contributed by atoms with van der Waals surface area (Å²) >= 11 is 0. The van der Waals surface area contributed by atoms with E-state index >= 15 is 0 Å². The van der Waals surface area contributed by atoms with Crippen molar-refractivity contribution in [2.24, 2.45) is 5.73 Å². The van der Waals surface area contributed by atoms with Gasteiger partial charge in [0.05, 0.1) is 7.11 Å². The van der Waals surface area contributed by atoms with Crippen molar-refractivity contribution in [3.63, 3.8) is 0 Å². The van der Waals surface area contributed by atoms with Crippen LogP contribution in [-0.2, 0) is 9.53 Å². The number of ether oxygens (including phenoxy) is 1. The van der Waals surface area contributed by atoms with Crippen molar-refractivity contribution >= 4 is 5.97 Å². The number of carbonyl (C=O) groups excluding carboxylic acids is 1. The second kappa shape index (κ2) is 3.24. The summed E-state index contributed by atoms with van der Waals surface area (Å²) in [6.45, 7) is 0. The number of esters is 1. The third-order valence-corrected chi connectivity index (χ3v) is 2.84. The van der Waals surface area contributed by atoms with E-state index in [1.54, 1.807) is 18.2 Å². The molecule has 0 heterocycles. The summed E-state index contributed by atoms with van der Waals surface area (Å²) < 4.78 is 4.63. The van der Waals surface area contributed by atoms with E-state index in [0.717, 1.165) is 5.56 Å². The maximum absolute atomic E-state index is 11.4. The second-order valence-electron chi connectivity index (χ2n) is 3.88. The molecule has 1 saturated carbocycles. The molecule has 15 heavy (non-hydrogen) atoms. The molecule has 3 N–H and O–H groups in total. The molecule has 0 aromatic heterocycles. The first-order valence-electron chi connectivity index (χ1n) is 4.74. The van der Waals surface area contributed by atoms with Crippen molar-refractivity contribution in [2.75, 3.05) is 7.11 Å². The molecular weight excluding hydrogens is 194 g/mol. The number of methoxy groups -OCH3 is 1. The van der Waals surface area contributed by atoms with Crippen molar-refractivity contribution in [1.82, 2.24) is 0 Å². The molecule has 0 spiro atoms. The fourth-order valence-corrected chi connectivity index (χ4v) is 1.85. The molecule has 0 amide bonds. The summed E-state index contributed by atoms with van der Waals surface area (Å²) in [5.41, 5.74) is 5.85. The van der Waals surface area contributed by atoms with Gasteiger partial charge in [-0.1, -0.05) is 12.1 Å². The molecule has 1 aromatic rings. The number of phenolic OH excluding ortho intramolecular Hbond substituents is 1. The third kappa shape index (κ3) is 1.57. The fraction of sp³-hybridized carbons (Fsp3) is 0.364.